The molecule has 0 spiro atoms. The molecule has 0 aromatic heterocycles. The number of hydrogen-bond acceptors (Lipinski definition) is 2. The molecule has 0 heterocycles. The first kappa shape index (κ1) is 9.27. The van der Waals surface area contributed by atoms with Crippen LogP contribution in [-0.2, 0) is 0 Å². The predicted octanol–water partition coefficient (Wildman–Crippen LogP) is 1.16. The van der Waals surface area contributed by atoms with Crippen molar-refractivity contribution in [2.75, 3.05) is 0 Å². The van der Waals surface area contributed by atoms with Gasteiger partial charge in [-0.1, -0.05) is 0 Å². The Morgan fingerprint density at radius 1 is 1.23 bits per heavy atom. The molecule has 0 aliphatic heterocycles. The molecule has 0 aromatic rings. The predicted molar refractivity (Wildman–Crippen MR) is 42.2 cm³/mol. The van der Waals surface area contributed by atoms with Gasteiger partial charge in [-0.3, -0.25) is 0 Å². The molecule has 0 aromatic carbocycles. The van der Waals surface area contributed by atoms with Crippen LogP contribution in [0, 0.1) is 0 Å². The minimum Gasteiger partial charge on any atom is -0.328 e. The molecule has 3 N–H and O–H groups in total. The molecular formula is C8H13F3N2. The lowest BCUT2D eigenvalue weighted by Gasteiger charge is -2.37. The van der Waals surface area contributed by atoms with Crippen LogP contribution in [0.4, 0.5) is 13.2 Å². The molecule has 0 bridgehead atoms. The van der Waals surface area contributed by atoms with E-state index < -0.39 is 11.7 Å². The van der Waals surface area contributed by atoms with Crippen molar-refractivity contribution in [3.63, 3.8) is 0 Å². The molecular weight excluding hydrogens is 181 g/mol. The monoisotopic (exact) mass is 194 g/mol. The van der Waals surface area contributed by atoms with Gasteiger partial charge in [-0.25, -0.2) is 0 Å². The average Bonchev–Trinajstić information content (AvgIpc) is 2.63. The zero-order valence-electron chi connectivity index (χ0n) is 7.19. The first-order chi connectivity index (χ1) is 5.93. The summed E-state index contributed by atoms with van der Waals surface area (Å²) < 4.78 is 37.3. The molecule has 5 heteroatoms. The molecule has 13 heavy (non-hydrogen) atoms. The average molecular weight is 194 g/mol. The smallest absolute Gasteiger partial charge is 0.328 e. The molecule has 2 aliphatic carbocycles. The highest BCUT2D eigenvalue weighted by Crippen LogP contribution is 2.50. The van der Waals surface area contributed by atoms with Gasteiger partial charge in [0.25, 0.3) is 0 Å². The fraction of sp³-hybridized carbons (Fsp3) is 1.00. The third-order valence-electron chi connectivity index (χ3n) is 2.95. The van der Waals surface area contributed by atoms with Crippen LogP contribution < -0.4 is 11.1 Å². The molecule has 0 amide bonds. The molecule has 2 aliphatic rings. The minimum absolute atomic E-state index is 0.0147. The van der Waals surface area contributed by atoms with Gasteiger partial charge in [-0.2, -0.15) is 13.2 Å². The lowest BCUT2D eigenvalue weighted by Crippen LogP contribution is -2.57. The topological polar surface area (TPSA) is 38.0 Å². The van der Waals surface area contributed by atoms with Crippen molar-refractivity contribution in [3.8, 4) is 0 Å². The second kappa shape index (κ2) is 2.60. The van der Waals surface area contributed by atoms with Crippen molar-refractivity contribution in [2.24, 2.45) is 5.73 Å². The largest absolute Gasteiger partial charge is 0.406 e. The zero-order valence-corrected chi connectivity index (χ0v) is 7.19. The van der Waals surface area contributed by atoms with Crippen LogP contribution in [0.15, 0.2) is 0 Å². The number of alkyl halides is 3. The number of rotatable bonds is 2. The second-order valence-corrected chi connectivity index (χ2v) is 4.15. The molecule has 2 nitrogen and oxygen atoms in total. The Morgan fingerprint density at radius 2 is 1.77 bits per heavy atom. The third-order valence-corrected chi connectivity index (χ3v) is 2.95. The summed E-state index contributed by atoms with van der Waals surface area (Å²) in [5.41, 5.74) is 3.94. The molecule has 0 radical (unpaired) electrons. The number of hydrogen-bond donors (Lipinski definition) is 2. The SMILES string of the molecule is NC1CC(NC2(C(F)(F)F)CC2)C1. The summed E-state index contributed by atoms with van der Waals surface area (Å²) in [5, 5.41) is 2.67. The Bertz CT molecular complexity index is 204. The van der Waals surface area contributed by atoms with Crippen LogP contribution in [0.1, 0.15) is 25.7 Å². The quantitative estimate of drug-likeness (QED) is 0.692. The molecule has 0 atom stereocenters. The zero-order chi connectivity index (χ0) is 9.69. The summed E-state index contributed by atoms with van der Waals surface area (Å²) in [6.45, 7) is 0. The van der Waals surface area contributed by atoms with E-state index in [-0.39, 0.29) is 24.9 Å². The van der Waals surface area contributed by atoms with E-state index in [9.17, 15) is 13.2 Å². The Balaban J connectivity index is 1.88. The van der Waals surface area contributed by atoms with Gasteiger partial charge in [-0.15, -0.1) is 0 Å². The van der Waals surface area contributed by atoms with Gasteiger partial charge in [0.05, 0.1) is 0 Å². The number of halogens is 3. The van der Waals surface area contributed by atoms with Crippen LogP contribution in [-0.4, -0.2) is 23.8 Å². The van der Waals surface area contributed by atoms with Crippen LogP contribution in [0.2, 0.25) is 0 Å². The summed E-state index contributed by atoms with van der Waals surface area (Å²) in [6, 6.07) is 0.0839. The van der Waals surface area contributed by atoms with E-state index in [0.29, 0.717) is 12.8 Å². The number of nitrogens with one attached hydrogen (secondary N) is 1. The van der Waals surface area contributed by atoms with Crippen molar-refractivity contribution in [1.29, 1.82) is 0 Å². The summed E-state index contributed by atoms with van der Waals surface area (Å²) in [4.78, 5) is 0. The van der Waals surface area contributed by atoms with Crippen molar-refractivity contribution in [2.45, 2.75) is 49.5 Å². The summed E-state index contributed by atoms with van der Waals surface area (Å²) in [7, 11) is 0. The molecule has 2 saturated carbocycles. The van der Waals surface area contributed by atoms with Crippen LogP contribution in [0.25, 0.3) is 0 Å². The van der Waals surface area contributed by atoms with E-state index in [0.717, 1.165) is 0 Å². The van der Waals surface area contributed by atoms with Gasteiger partial charge >= 0.3 is 6.18 Å². The Morgan fingerprint density at radius 3 is 2.08 bits per heavy atom. The summed E-state index contributed by atoms with van der Waals surface area (Å²) in [6.07, 6.45) is -2.28. The molecule has 76 valence electrons. The second-order valence-electron chi connectivity index (χ2n) is 4.15. The van der Waals surface area contributed by atoms with Gasteiger partial charge < -0.3 is 11.1 Å². The van der Waals surface area contributed by atoms with Gasteiger partial charge in [0, 0.05) is 12.1 Å². The highest BCUT2D eigenvalue weighted by atomic mass is 19.4. The Labute approximate surface area is 74.7 Å². The molecule has 0 saturated heterocycles. The first-order valence-corrected chi connectivity index (χ1v) is 4.53. The fourth-order valence-corrected chi connectivity index (χ4v) is 1.81. The van der Waals surface area contributed by atoms with E-state index in [1.165, 1.54) is 0 Å². The standard InChI is InChI=1S/C8H13F3N2/c9-8(10,11)7(1-2-7)13-6-3-5(12)4-6/h5-6,13H,1-4,12H2. The van der Waals surface area contributed by atoms with Crippen molar-refractivity contribution < 1.29 is 13.2 Å². The number of nitrogens with two attached hydrogens (primary N) is 1. The van der Waals surface area contributed by atoms with Crippen LogP contribution in [0.3, 0.4) is 0 Å². The van der Waals surface area contributed by atoms with E-state index in [2.05, 4.69) is 5.32 Å². The van der Waals surface area contributed by atoms with E-state index in [1.807, 2.05) is 0 Å². The minimum atomic E-state index is -4.09. The Hall–Kier alpha value is -0.290. The lowest BCUT2D eigenvalue weighted by molar-refractivity contribution is -0.169. The van der Waals surface area contributed by atoms with E-state index >= 15 is 0 Å². The van der Waals surface area contributed by atoms with Crippen molar-refractivity contribution >= 4 is 0 Å². The van der Waals surface area contributed by atoms with Crippen molar-refractivity contribution in [3.05, 3.63) is 0 Å². The summed E-state index contributed by atoms with van der Waals surface area (Å²) >= 11 is 0. The molecule has 0 unspecified atom stereocenters. The van der Waals surface area contributed by atoms with E-state index in [1.54, 1.807) is 0 Å². The lowest BCUT2D eigenvalue weighted by atomic mass is 9.87. The fourth-order valence-electron chi connectivity index (χ4n) is 1.81. The third kappa shape index (κ3) is 1.55. The van der Waals surface area contributed by atoms with Crippen molar-refractivity contribution in [1.82, 2.24) is 5.32 Å². The maximum Gasteiger partial charge on any atom is 0.406 e. The van der Waals surface area contributed by atoms with E-state index in [4.69, 9.17) is 5.73 Å². The van der Waals surface area contributed by atoms with Gasteiger partial charge in [-0.05, 0) is 25.7 Å². The highest BCUT2D eigenvalue weighted by Gasteiger charge is 2.64. The maximum absolute atomic E-state index is 12.4. The molecule has 2 rings (SSSR count). The van der Waals surface area contributed by atoms with Crippen LogP contribution >= 0.6 is 0 Å². The maximum atomic E-state index is 12.4. The van der Waals surface area contributed by atoms with Gasteiger partial charge in [0.15, 0.2) is 0 Å². The highest BCUT2D eigenvalue weighted by molar-refractivity contribution is 5.10. The normalized spacial score (nSPS) is 36.9. The van der Waals surface area contributed by atoms with Gasteiger partial charge in [0.1, 0.15) is 5.54 Å². The van der Waals surface area contributed by atoms with Crippen LogP contribution in [0.5, 0.6) is 0 Å². The Kier molecular flexibility index (Phi) is 1.86. The first-order valence-electron chi connectivity index (χ1n) is 4.53. The van der Waals surface area contributed by atoms with Gasteiger partial charge in [0.2, 0.25) is 0 Å². The molecule has 2 fully saturated rings. The summed E-state index contributed by atoms with van der Waals surface area (Å²) in [5.74, 6) is 0.